The van der Waals surface area contributed by atoms with Crippen molar-refractivity contribution in [1.82, 2.24) is 5.06 Å². The zero-order valence-electron chi connectivity index (χ0n) is 6.99. The number of halogens is 1. The van der Waals surface area contributed by atoms with Crippen LogP contribution in [0, 0.1) is 5.92 Å². The van der Waals surface area contributed by atoms with E-state index in [9.17, 15) is 4.79 Å². The van der Waals surface area contributed by atoms with Gasteiger partial charge in [-0.2, -0.15) is 0 Å². The van der Waals surface area contributed by atoms with Gasteiger partial charge in [-0.1, -0.05) is 0 Å². The molecule has 1 aliphatic carbocycles. The van der Waals surface area contributed by atoms with E-state index in [1.54, 1.807) is 5.06 Å². The first-order valence-electron chi connectivity index (χ1n) is 4.33. The van der Waals surface area contributed by atoms with Crippen molar-refractivity contribution in [3.05, 3.63) is 0 Å². The molecule has 1 aliphatic heterocycles. The first kappa shape index (κ1) is 9.81. The molecule has 0 unspecified atom stereocenters. The summed E-state index contributed by atoms with van der Waals surface area (Å²) >= 11 is 0. The van der Waals surface area contributed by atoms with Crippen LogP contribution in [0.3, 0.4) is 0 Å². The van der Waals surface area contributed by atoms with E-state index < -0.39 is 0 Å². The molecule has 1 saturated heterocycles. The fraction of sp³-hybridized carbons (Fsp3) is 0.875. The Hall–Kier alpha value is -0.280. The Kier molecular flexibility index (Phi) is 3.35. The van der Waals surface area contributed by atoms with Crippen LogP contribution in [0.1, 0.15) is 25.7 Å². The lowest BCUT2D eigenvalue weighted by Gasteiger charge is -2.13. The van der Waals surface area contributed by atoms with Crippen LogP contribution in [-0.2, 0) is 9.63 Å². The van der Waals surface area contributed by atoms with Crippen LogP contribution in [0.5, 0.6) is 0 Å². The zero-order valence-corrected chi connectivity index (χ0v) is 7.81. The maximum absolute atomic E-state index is 11.1. The minimum Gasteiger partial charge on any atom is -0.368 e. The summed E-state index contributed by atoms with van der Waals surface area (Å²) < 4.78 is 0. The summed E-state index contributed by atoms with van der Waals surface area (Å²) in [5.74, 6) is 0.225. The Labute approximate surface area is 78.4 Å². The van der Waals surface area contributed by atoms with E-state index in [0.29, 0.717) is 0 Å². The van der Waals surface area contributed by atoms with E-state index in [-0.39, 0.29) is 24.3 Å². The summed E-state index contributed by atoms with van der Waals surface area (Å²) in [5, 5.41) is 1.79. The van der Waals surface area contributed by atoms with Gasteiger partial charge in [0.1, 0.15) is 0 Å². The normalized spacial score (nSPS) is 23.3. The molecule has 2 rings (SSSR count). The number of nitrogens with zero attached hydrogens (tertiary/aromatic N) is 1. The first-order chi connectivity index (χ1) is 5.36. The predicted octanol–water partition coefficient (Wildman–Crippen LogP) is 1.37. The SMILES string of the molecule is Cl.O=C(ON1CCCC1)C1CC1. The molecule has 3 nitrogen and oxygen atoms in total. The first-order valence-corrected chi connectivity index (χ1v) is 4.33. The fourth-order valence-electron chi connectivity index (χ4n) is 1.30. The van der Waals surface area contributed by atoms with Gasteiger partial charge in [0.25, 0.3) is 0 Å². The van der Waals surface area contributed by atoms with Gasteiger partial charge in [0.2, 0.25) is 0 Å². The molecule has 0 N–H and O–H groups in total. The lowest BCUT2D eigenvalue weighted by atomic mass is 10.4. The standard InChI is InChI=1S/C8H13NO2.ClH/c10-8(7-3-4-7)11-9-5-1-2-6-9;/h7H,1-6H2;1H. The molecule has 0 atom stereocenters. The number of carbonyl (C=O) groups is 1. The van der Waals surface area contributed by atoms with Crippen molar-refractivity contribution in [3.8, 4) is 0 Å². The zero-order chi connectivity index (χ0) is 7.68. The molecule has 70 valence electrons. The Morgan fingerprint density at radius 2 is 1.83 bits per heavy atom. The molecule has 2 fully saturated rings. The van der Waals surface area contributed by atoms with Crippen LogP contribution < -0.4 is 0 Å². The third-order valence-electron chi connectivity index (χ3n) is 2.19. The van der Waals surface area contributed by atoms with Crippen molar-refractivity contribution in [2.45, 2.75) is 25.7 Å². The lowest BCUT2D eigenvalue weighted by molar-refractivity contribution is -0.186. The van der Waals surface area contributed by atoms with Crippen molar-refractivity contribution in [2.75, 3.05) is 13.1 Å². The highest BCUT2D eigenvalue weighted by molar-refractivity contribution is 5.85. The van der Waals surface area contributed by atoms with Crippen LogP contribution >= 0.6 is 12.4 Å². The Morgan fingerprint density at radius 1 is 1.25 bits per heavy atom. The Bertz CT molecular complexity index is 164. The second-order valence-corrected chi connectivity index (χ2v) is 3.32. The maximum atomic E-state index is 11.1. The molecule has 2 aliphatic rings. The summed E-state index contributed by atoms with van der Waals surface area (Å²) in [5.41, 5.74) is 0. The minimum absolute atomic E-state index is 0. The van der Waals surface area contributed by atoms with E-state index in [1.165, 1.54) is 0 Å². The molecule has 12 heavy (non-hydrogen) atoms. The molecule has 0 aromatic heterocycles. The summed E-state index contributed by atoms with van der Waals surface area (Å²) in [6, 6.07) is 0. The summed E-state index contributed by atoms with van der Waals surface area (Å²) in [6.45, 7) is 1.86. The number of hydrogen-bond donors (Lipinski definition) is 0. The highest BCUT2D eigenvalue weighted by atomic mass is 35.5. The summed E-state index contributed by atoms with van der Waals surface area (Å²) in [6.07, 6.45) is 4.40. The summed E-state index contributed by atoms with van der Waals surface area (Å²) in [7, 11) is 0. The number of carbonyl (C=O) groups excluding carboxylic acids is 1. The van der Waals surface area contributed by atoms with Crippen molar-refractivity contribution in [3.63, 3.8) is 0 Å². The van der Waals surface area contributed by atoms with Crippen molar-refractivity contribution in [1.29, 1.82) is 0 Å². The Morgan fingerprint density at radius 3 is 2.33 bits per heavy atom. The third-order valence-corrected chi connectivity index (χ3v) is 2.19. The Balaban J connectivity index is 0.000000720. The van der Waals surface area contributed by atoms with Gasteiger partial charge >= 0.3 is 5.97 Å². The molecule has 0 amide bonds. The van der Waals surface area contributed by atoms with Crippen LogP contribution in [0.15, 0.2) is 0 Å². The fourth-order valence-corrected chi connectivity index (χ4v) is 1.30. The highest BCUT2D eigenvalue weighted by Crippen LogP contribution is 2.30. The number of hydroxylamine groups is 2. The second-order valence-electron chi connectivity index (χ2n) is 3.32. The van der Waals surface area contributed by atoms with Crippen LogP contribution in [-0.4, -0.2) is 24.1 Å². The third kappa shape index (κ3) is 2.35. The maximum Gasteiger partial charge on any atom is 0.328 e. The topological polar surface area (TPSA) is 29.5 Å². The van der Waals surface area contributed by atoms with Crippen LogP contribution in [0.25, 0.3) is 0 Å². The molecule has 0 radical (unpaired) electrons. The molecular weight excluding hydrogens is 178 g/mol. The molecule has 1 heterocycles. The van der Waals surface area contributed by atoms with Gasteiger partial charge in [0, 0.05) is 13.1 Å². The summed E-state index contributed by atoms with van der Waals surface area (Å²) in [4.78, 5) is 16.2. The monoisotopic (exact) mass is 191 g/mol. The van der Waals surface area contributed by atoms with Crippen molar-refractivity contribution < 1.29 is 9.63 Å². The van der Waals surface area contributed by atoms with Crippen molar-refractivity contribution in [2.24, 2.45) is 5.92 Å². The van der Waals surface area contributed by atoms with E-state index in [4.69, 9.17) is 4.84 Å². The van der Waals surface area contributed by atoms with E-state index in [1.807, 2.05) is 0 Å². The van der Waals surface area contributed by atoms with Gasteiger partial charge in [-0.3, -0.25) is 4.79 Å². The minimum atomic E-state index is -0.00750. The van der Waals surface area contributed by atoms with Gasteiger partial charge in [-0.15, -0.1) is 17.5 Å². The molecule has 0 spiro atoms. The van der Waals surface area contributed by atoms with E-state index in [2.05, 4.69) is 0 Å². The average Bonchev–Trinajstić information content (AvgIpc) is 2.73. The average molecular weight is 192 g/mol. The highest BCUT2D eigenvalue weighted by Gasteiger charge is 2.33. The van der Waals surface area contributed by atoms with Gasteiger partial charge < -0.3 is 4.84 Å². The smallest absolute Gasteiger partial charge is 0.328 e. The van der Waals surface area contributed by atoms with Gasteiger partial charge in [-0.05, 0) is 25.7 Å². The van der Waals surface area contributed by atoms with E-state index >= 15 is 0 Å². The molecular formula is C8H14ClNO2. The van der Waals surface area contributed by atoms with Crippen LogP contribution in [0.2, 0.25) is 0 Å². The van der Waals surface area contributed by atoms with E-state index in [0.717, 1.165) is 38.8 Å². The number of hydrogen-bond acceptors (Lipinski definition) is 3. The van der Waals surface area contributed by atoms with Gasteiger partial charge in [0.15, 0.2) is 0 Å². The molecule has 0 aromatic rings. The van der Waals surface area contributed by atoms with Gasteiger partial charge in [0.05, 0.1) is 5.92 Å². The molecule has 1 saturated carbocycles. The van der Waals surface area contributed by atoms with Crippen molar-refractivity contribution >= 4 is 18.4 Å². The quantitative estimate of drug-likeness (QED) is 0.661. The second kappa shape index (κ2) is 4.10. The number of rotatable bonds is 2. The lowest BCUT2D eigenvalue weighted by Crippen LogP contribution is -2.24. The molecule has 4 heteroatoms. The molecule has 0 bridgehead atoms. The van der Waals surface area contributed by atoms with Crippen LogP contribution in [0.4, 0.5) is 0 Å². The predicted molar refractivity (Wildman–Crippen MR) is 46.9 cm³/mol. The largest absolute Gasteiger partial charge is 0.368 e. The van der Waals surface area contributed by atoms with Gasteiger partial charge in [-0.25, -0.2) is 0 Å². The molecule has 0 aromatic carbocycles.